The highest BCUT2D eigenvalue weighted by atomic mass is 16.5. The van der Waals surface area contributed by atoms with Crippen molar-refractivity contribution >= 4 is 5.97 Å². The lowest BCUT2D eigenvalue weighted by Crippen LogP contribution is -2.14. The first-order valence-electron chi connectivity index (χ1n) is 15.0. The largest absolute Gasteiger partial charge is 0.494 e. The summed E-state index contributed by atoms with van der Waals surface area (Å²) in [5.41, 5.74) is 2.64. The molecule has 1 aromatic heterocycles. The molecule has 0 spiro atoms. The molecule has 3 aromatic rings. The molecule has 1 aliphatic rings. The fourth-order valence-corrected chi connectivity index (χ4v) is 5.56. The number of unbranched alkanes of at least 4 members (excludes halogenated alkanes) is 6. The van der Waals surface area contributed by atoms with Crippen LogP contribution in [0.4, 0.5) is 0 Å². The van der Waals surface area contributed by atoms with Crippen LogP contribution >= 0.6 is 0 Å². The Balaban J connectivity index is 1.21. The lowest BCUT2D eigenvalue weighted by atomic mass is 9.77. The van der Waals surface area contributed by atoms with Crippen molar-refractivity contribution in [3.05, 3.63) is 72.1 Å². The average Bonchev–Trinajstić information content (AvgIpc) is 2.98. The Morgan fingerprint density at radius 2 is 1.38 bits per heavy atom. The van der Waals surface area contributed by atoms with E-state index < -0.39 is 5.97 Å². The minimum absolute atomic E-state index is 0.400. The third-order valence-corrected chi connectivity index (χ3v) is 7.93. The van der Waals surface area contributed by atoms with Crippen LogP contribution in [-0.2, 0) is 0 Å². The molecule has 0 amide bonds. The van der Waals surface area contributed by atoms with Gasteiger partial charge in [-0.25, -0.2) is 14.8 Å². The number of carbonyl (C=O) groups excluding carboxylic acids is 1. The van der Waals surface area contributed by atoms with Crippen LogP contribution in [0, 0.1) is 5.92 Å². The molecule has 5 nitrogen and oxygen atoms in total. The number of nitrogens with zero attached hydrogens (tertiary/aromatic N) is 2. The van der Waals surface area contributed by atoms with Crippen molar-refractivity contribution in [1.29, 1.82) is 0 Å². The van der Waals surface area contributed by atoms with Crippen LogP contribution in [0.2, 0.25) is 0 Å². The monoisotopic (exact) mass is 528 g/mol. The van der Waals surface area contributed by atoms with Crippen molar-refractivity contribution in [1.82, 2.24) is 9.97 Å². The van der Waals surface area contributed by atoms with Crippen LogP contribution in [0.3, 0.4) is 0 Å². The molecular weight excluding hydrogens is 484 g/mol. The predicted octanol–water partition coefficient (Wildman–Crippen LogP) is 9.18. The zero-order valence-electron chi connectivity index (χ0n) is 23.7. The van der Waals surface area contributed by atoms with Gasteiger partial charge < -0.3 is 9.47 Å². The summed E-state index contributed by atoms with van der Waals surface area (Å²) in [6, 6.07) is 14.3. The lowest BCUT2D eigenvalue weighted by Gasteiger charge is -2.28. The molecular formula is C34H44N2O3. The predicted molar refractivity (Wildman–Crippen MR) is 157 cm³/mol. The Hall–Kier alpha value is -3.21. The Morgan fingerprint density at radius 1 is 0.769 bits per heavy atom. The molecule has 0 unspecified atom stereocenters. The minimum atomic E-state index is -0.400. The van der Waals surface area contributed by atoms with E-state index in [1.807, 2.05) is 31.5 Å². The first-order valence-corrected chi connectivity index (χ1v) is 15.0. The van der Waals surface area contributed by atoms with Gasteiger partial charge in [0.25, 0.3) is 0 Å². The molecule has 0 aliphatic heterocycles. The molecule has 1 aliphatic carbocycles. The number of rotatable bonds is 14. The quantitative estimate of drug-likeness (QED) is 0.119. The molecule has 39 heavy (non-hydrogen) atoms. The molecule has 1 heterocycles. The summed E-state index contributed by atoms with van der Waals surface area (Å²) >= 11 is 0. The lowest BCUT2D eigenvalue weighted by molar-refractivity contribution is 0.0734. The van der Waals surface area contributed by atoms with Crippen molar-refractivity contribution < 1.29 is 14.3 Å². The van der Waals surface area contributed by atoms with Gasteiger partial charge in [0.1, 0.15) is 11.5 Å². The molecule has 0 saturated heterocycles. The molecule has 0 bridgehead atoms. The van der Waals surface area contributed by atoms with Crippen molar-refractivity contribution in [2.45, 2.75) is 96.8 Å². The highest BCUT2D eigenvalue weighted by molar-refractivity contribution is 5.91. The molecule has 1 fully saturated rings. The van der Waals surface area contributed by atoms with E-state index in [9.17, 15) is 4.79 Å². The van der Waals surface area contributed by atoms with Crippen LogP contribution in [0.25, 0.3) is 11.4 Å². The SMILES string of the molecule is CCCCCCCCCC1CCC(c2cnc(-c3ccc(OC(=O)c4ccc(OCC)cc4)cc3)nc2)CC1. The van der Waals surface area contributed by atoms with Crippen molar-refractivity contribution in [2.75, 3.05) is 6.61 Å². The third kappa shape index (κ3) is 8.91. The maximum atomic E-state index is 12.5. The van der Waals surface area contributed by atoms with Gasteiger partial charge >= 0.3 is 5.97 Å². The summed E-state index contributed by atoms with van der Waals surface area (Å²) in [4.78, 5) is 21.8. The highest BCUT2D eigenvalue weighted by Crippen LogP contribution is 2.37. The summed E-state index contributed by atoms with van der Waals surface area (Å²) in [6.45, 7) is 4.79. The van der Waals surface area contributed by atoms with Gasteiger partial charge in [0.15, 0.2) is 5.82 Å². The molecule has 0 N–H and O–H groups in total. The van der Waals surface area contributed by atoms with Crippen LogP contribution < -0.4 is 9.47 Å². The maximum absolute atomic E-state index is 12.5. The van der Waals surface area contributed by atoms with Gasteiger partial charge in [0.05, 0.1) is 12.2 Å². The van der Waals surface area contributed by atoms with Crippen molar-refractivity contribution in [3.63, 3.8) is 0 Å². The highest BCUT2D eigenvalue weighted by Gasteiger charge is 2.22. The van der Waals surface area contributed by atoms with E-state index in [0.717, 1.165) is 17.2 Å². The van der Waals surface area contributed by atoms with Gasteiger partial charge in [0, 0.05) is 18.0 Å². The van der Waals surface area contributed by atoms with E-state index in [0.29, 0.717) is 29.7 Å². The number of hydrogen-bond donors (Lipinski definition) is 0. The molecule has 2 aromatic carbocycles. The second-order valence-electron chi connectivity index (χ2n) is 10.8. The summed E-state index contributed by atoms with van der Waals surface area (Å²) in [6.07, 6.45) is 20.3. The van der Waals surface area contributed by atoms with Gasteiger partial charge in [-0.2, -0.15) is 0 Å². The number of carbonyl (C=O) groups is 1. The summed E-state index contributed by atoms with van der Waals surface area (Å²) < 4.78 is 11.0. The second-order valence-corrected chi connectivity index (χ2v) is 10.8. The van der Waals surface area contributed by atoms with Gasteiger partial charge in [0.2, 0.25) is 0 Å². The zero-order valence-corrected chi connectivity index (χ0v) is 23.7. The average molecular weight is 529 g/mol. The normalized spacial score (nSPS) is 17.1. The van der Waals surface area contributed by atoms with E-state index in [1.165, 1.54) is 82.6 Å². The minimum Gasteiger partial charge on any atom is -0.494 e. The molecule has 208 valence electrons. The van der Waals surface area contributed by atoms with E-state index in [2.05, 4.69) is 16.9 Å². The van der Waals surface area contributed by atoms with Gasteiger partial charge in [-0.15, -0.1) is 0 Å². The molecule has 0 atom stereocenters. The molecule has 0 radical (unpaired) electrons. The molecule has 1 saturated carbocycles. The summed E-state index contributed by atoms with van der Waals surface area (Å²) in [5, 5.41) is 0. The summed E-state index contributed by atoms with van der Waals surface area (Å²) in [5.74, 6) is 2.99. The number of esters is 1. The van der Waals surface area contributed by atoms with Crippen LogP contribution in [0.15, 0.2) is 60.9 Å². The van der Waals surface area contributed by atoms with Crippen molar-refractivity contribution in [2.24, 2.45) is 5.92 Å². The molecule has 5 heteroatoms. The second kappa shape index (κ2) is 15.4. The van der Waals surface area contributed by atoms with Crippen molar-refractivity contribution in [3.8, 4) is 22.9 Å². The van der Waals surface area contributed by atoms with Crippen LogP contribution in [0.5, 0.6) is 11.5 Å². The fourth-order valence-electron chi connectivity index (χ4n) is 5.56. The fraction of sp³-hybridized carbons (Fsp3) is 0.500. The van der Waals surface area contributed by atoms with E-state index in [4.69, 9.17) is 9.47 Å². The van der Waals surface area contributed by atoms with E-state index >= 15 is 0 Å². The number of hydrogen-bond acceptors (Lipinski definition) is 5. The Bertz CT molecular complexity index is 1120. The topological polar surface area (TPSA) is 61.3 Å². The maximum Gasteiger partial charge on any atom is 0.343 e. The van der Waals surface area contributed by atoms with Gasteiger partial charge in [-0.1, -0.05) is 58.3 Å². The number of ether oxygens (including phenoxy) is 2. The zero-order chi connectivity index (χ0) is 27.3. The van der Waals surface area contributed by atoms with E-state index in [-0.39, 0.29) is 0 Å². The first kappa shape index (κ1) is 28.8. The van der Waals surface area contributed by atoms with Gasteiger partial charge in [-0.3, -0.25) is 0 Å². The first-order chi connectivity index (χ1) is 19.2. The standard InChI is InChI=1S/C34H44N2O3/c1-3-5-6-7-8-9-10-11-26-12-14-27(15-13-26)30-24-35-33(36-25-30)28-16-22-32(23-17-28)39-34(37)29-18-20-31(21-19-29)38-4-2/h16-27H,3-15H2,1-2H3. The smallest absolute Gasteiger partial charge is 0.343 e. The number of benzene rings is 2. The Labute approximate surface area is 234 Å². The van der Waals surface area contributed by atoms with Gasteiger partial charge in [-0.05, 0) is 98.5 Å². The van der Waals surface area contributed by atoms with Crippen LogP contribution in [0.1, 0.15) is 113 Å². The van der Waals surface area contributed by atoms with E-state index in [1.54, 1.807) is 36.4 Å². The van der Waals surface area contributed by atoms with Crippen LogP contribution in [-0.4, -0.2) is 22.5 Å². The Kier molecular flexibility index (Phi) is 11.4. The third-order valence-electron chi connectivity index (χ3n) is 7.93. The Morgan fingerprint density at radius 3 is 2.03 bits per heavy atom. The molecule has 4 rings (SSSR count). The number of aromatic nitrogens is 2. The summed E-state index contributed by atoms with van der Waals surface area (Å²) in [7, 11) is 0.